The van der Waals surface area contributed by atoms with Crippen molar-refractivity contribution in [2.24, 2.45) is 0 Å². The van der Waals surface area contributed by atoms with E-state index in [4.69, 9.17) is 14.7 Å². The van der Waals surface area contributed by atoms with Crippen LogP contribution < -0.4 is 4.74 Å². The van der Waals surface area contributed by atoms with Crippen LogP contribution >= 0.6 is 0 Å². The lowest BCUT2D eigenvalue weighted by atomic mass is 10.1. The number of ether oxygens (including phenoxy) is 2. The molecule has 0 aromatic heterocycles. The third kappa shape index (κ3) is 3.74. The number of hydrogen-bond donors (Lipinski definition) is 0. The first-order valence-corrected chi connectivity index (χ1v) is 6.91. The van der Waals surface area contributed by atoms with Crippen molar-refractivity contribution < 1.29 is 19.1 Å². The Morgan fingerprint density at radius 3 is 2.52 bits per heavy atom. The zero-order valence-electron chi connectivity index (χ0n) is 12.8. The smallest absolute Gasteiger partial charge is 0.338 e. The molecule has 0 aliphatic carbocycles. The second-order valence-electron chi connectivity index (χ2n) is 4.81. The van der Waals surface area contributed by atoms with E-state index in [0.717, 1.165) is 0 Å². The van der Waals surface area contributed by atoms with E-state index < -0.39 is 5.97 Å². The Labute approximate surface area is 134 Å². The molecule has 0 aliphatic heterocycles. The Morgan fingerprint density at radius 1 is 1.13 bits per heavy atom. The van der Waals surface area contributed by atoms with Gasteiger partial charge in [-0.1, -0.05) is 18.2 Å². The number of nitrogens with zero attached hydrogens (tertiary/aromatic N) is 1. The first-order chi connectivity index (χ1) is 11.1. The molecule has 2 aromatic rings. The lowest BCUT2D eigenvalue weighted by molar-refractivity contribution is 0.0597. The Bertz CT molecular complexity index is 790. The summed E-state index contributed by atoms with van der Waals surface area (Å²) in [4.78, 5) is 23.1. The molecule has 0 amide bonds. The minimum absolute atomic E-state index is 0.148. The molecule has 5 heteroatoms. The van der Waals surface area contributed by atoms with Crippen LogP contribution in [0, 0.1) is 11.3 Å². The molecule has 0 atom stereocenters. The fourth-order valence-electron chi connectivity index (χ4n) is 2.13. The van der Waals surface area contributed by atoms with Gasteiger partial charge in [0.2, 0.25) is 0 Å². The standard InChI is InChI=1S/C18H15NO4/c1-12(20)16-8-7-15(9-14(16)10-19)23-11-13-5-3-4-6-17(13)18(21)22-2/h3-9H,11H2,1-2H3. The lowest BCUT2D eigenvalue weighted by Crippen LogP contribution is -2.08. The van der Waals surface area contributed by atoms with E-state index in [1.807, 2.05) is 6.07 Å². The summed E-state index contributed by atoms with van der Waals surface area (Å²) in [5.74, 6) is -0.163. The molecular weight excluding hydrogens is 294 g/mol. The third-order valence-corrected chi connectivity index (χ3v) is 3.31. The number of benzene rings is 2. The number of carbonyl (C=O) groups excluding carboxylic acids is 2. The van der Waals surface area contributed by atoms with Gasteiger partial charge in [0, 0.05) is 11.1 Å². The molecule has 0 heterocycles. The molecule has 0 N–H and O–H groups in total. The van der Waals surface area contributed by atoms with Gasteiger partial charge in [0.15, 0.2) is 5.78 Å². The highest BCUT2D eigenvalue weighted by Crippen LogP contribution is 2.20. The molecule has 116 valence electrons. The van der Waals surface area contributed by atoms with Gasteiger partial charge in [-0.3, -0.25) is 4.79 Å². The van der Waals surface area contributed by atoms with Gasteiger partial charge in [-0.15, -0.1) is 0 Å². The van der Waals surface area contributed by atoms with Crippen molar-refractivity contribution in [3.8, 4) is 11.8 Å². The molecule has 5 nitrogen and oxygen atoms in total. The van der Waals surface area contributed by atoms with E-state index in [9.17, 15) is 9.59 Å². The average Bonchev–Trinajstić information content (AvgIpc) is 2.59. The highest BCUT2D eigenvalue weighted by atomic mass is 16.5. The number of hydrogen-bond acceptors (Lipinski definition) is 5. The van der Waals surface area contributed by atoms with Crippen LogP contribution in [-0.4, -0.2) is 18.9 Å². The Balaban J connectivity index is 2.21. The summed E-state index contributed by atoms with van der Waals surface area (Å²) in [6.07, 6.45) is 0. The normalized spacial score (nSPS) is 9.78. The summed E-state index contributed by atoms with van der Waals surface area (Å²) in [5.41, 5.74) is 1.72. The van der Waals surface area contributed by atoms with Crippen molar-refractivity contribution in [3.63, 3.8) is 0 Å². The Morgan fingerprint density at radius 2 is 1.87 bits per heavy atom. The van der Waals surface area contributed by atoms with Crippen LogP contribution in [0.4, 0.5) is 0 Å². The minimum Gasteiger partial charge on any atom is -0.489 e. The zero-order valence-corrected chi connectivity index (χ0v) is 12.8. The minimum atomic E-state index is -0.436. The Hall–Kier alpha value is -3.13. The lowest BCUT2D eigenvalue weighted by Gasteiger charge is -2.10. The number of Topliss-reactive ketones (excluding diaryl/α,β-unsaturated/α-hetero) is 1. The third-order valence-electron chi connectivity index (χ3n) is 3.31. The molecule has 0 fully saturated rings. The summed E-state index contributed by atoms with van der Waals surface area (Å²) in [6, 6.07) is 13.6. The van der Waals surface area contributed by atoms with Crippen LogP contribution in [-0.2, 0) is 11.3 Å². The highest BCUT2D eigenvalue weighted by molar-refractivity contribution is 5.96. The first kappa shape index (κ1) is 16.2. The van der Waals surface area contributed by atoms with Crippen molar-refractivity contribution in [3.05, 3.63) is 64.7 Å². The van der Waals surface area contributed by atoms with Crippen LogP contribution in [0.25, 0.3) is 0 Å². The molecule has 2 aromatic carbocycles. The van der Waals surface area contributed by atoms with Crippen molar-refractivity contribution in [1.82, 2.24) is 0 Å². The zero-order chi connectivity index (χ0) is 16.8. The maximum absolute atomic E-state index is 11.7. The summed E-state index contributed by atoms with van der Waals surface area (Å²) >= 11 is 0. The van der Waals surface area contributed by atoms with Gasteiger partial charge in [0.1, 0.15) is 18.4 Å². The summed E-state index contributed by atoms with van der Waals surface area (Å²) in [6.45, 7) is 1.55. The highest BCUT2D eigenvalue weighted by Gasteiger charge is 2.12. The number of rotatable bonds is 5. The molecule has 0 bridgehead atoms. The van der Waals surface area contributed by atoms with Gasteiger partial charge < -0.3 is 9.47 Å². The topological polar surface area (TPSA) is 76.4 Å². The monoisotopic (exact) mass is 309 g/mol. The Kier molecular flexibility index (Phi) is 5.11. The van der Waals surface area contributed by atoms with E-state index in [2.05, 4.69) is 0 Å². The van der Waals surface area contributed by atoms with Crippen molar-refractivity contribution in [2.45, 2.75) is 13.5 Å². The molecule has 0 radical (unpaired) electrons. The van der Waals surface area contributed by atoms with Crippen LogP contribution in [0.15, 0.2) is 42.5 Å². The predicted molar refractivity (Wildman–Crippen MR) is 83.3 cm³/mol. The molecule has 0 unspecified atom stereocenters. The van der Waals surface area contributed by atoms with Gasteiger partial charge in [-0.2, -0.15) is 5.26 Å². The van der Waals surface area contributed by atoms with Gasteiger partial charge in [-0.25, -0.2) is 4.79 Å². The van der Waals surface area contributed by atoms with Gasteiger partial charge in [0.25, 0.3) is 0 Å². The van der Waals surface area contributed by atoms with Gasteiger partial charge in [-0.05, 0) is 31.2 Å². The van der Waals surface area contributed by atoms with Crippen molar-refractivity contribution >= 4 is 11.8 Å². The van der Waals surface area contributed by atoms with E-state index >= 15 is 0 Å². The van der Waals surface area contributed by atoms with Gasteiger partial charge >= 0.3 is 5.97 Å². The van der Waals surface area contributed by atoms with Crippen LogP contribution in [0.1, 0.15) is 38.8 Å². The first-order valence-electron chi connectivity index (χ1n) is 6.91. The summed E-state index contributed by atoms with van der Waals surface area (Å²) < 4.78 is 10.4. The molecular formula is C18H15NO4. The van der Waals surface area contributed by atoms with Crippen molar-refractivity contribution in [2.75, 3.05) is 7.11 Å². The number of ketones is 1. The number of methoxy groups -OCH3 is 1. The largest absolute Gasteiger partial charge is 0.489 e. The fraction of sp³-hybridized carbons (Fsp3) is 0.167. The molecule has 0 spiro atoms. The average molecular weight is 309 g/mol. The van der Waals surface area contributed by atoms with E-state index in [-0.39, 0.29) is 18.0 Å². The van der Waals surface area contributed by atoms with Gasteiger partial charge in [0.05, 0.1) is 18.2 Å². The summed E-state index contributed by atoms with van der Waals surface area (Å²) in [7, 11) is 1.32. The van der Waals surface area contributed by atoms with Crippen molar-refractivity contribution in [1.29, 1.82) is 5.26 Å². The molecule has 0 saturated carbocycles. The molecule has 0 saturated heterocycles. The van der Waals surface area contributed by atoms with Crippen LogP contribution in [0.5, 0.6) is 5.75 Å². The van der Waals surface area contributed by atoms with E-state index in [0.29, 0.717) is 22.4 Å². The number of esters is 1. The molecule has 0 aliphatic rings. The number of nitriles is 1. The summed E-state index contributed by atoms with van der Waals surface area (Å²) in [5, 5.41) is 9.11. The second-order valence-corrected chi connectivity index (χ2v) is 4.81. The fourth-order valence-corrected chi connectivity index (χ4v) is 2.13. The SMILES string of the molecule is COC(=O)c1ccccc1COc1ccc(C(C)=O)c(C#N)c1. The molecule has 23 heavy (non-hydrogen) atoms. The quantitative estimate of drug-likeness (QED) is 0.626. The van der Waals surface area contributed by atoms with E-state index in [1.54, 1.807) is 36.4 Å². The van der Waals surface area contributed by atoms with Crippen LogP contribution in [0.3, 0.4) is 0 Å². The maximum atomic E-state index is 11.7. The maximum Gasteiger partial charge on any atom is 0.338 e. The second kappa shape index (κ2) is 7.23. The van der Waals surface area contributed by atoms with E-state index in [1.165, 1.54) is 20.1 Å². The number of carbonyl (C=O) groups is 2. The predicted octanol–water partition coefficient (Wildman–Crippen LogP) is 3.13. The van der Waals surface area contributed by atoms with Crippen LogP contribution in [0.2, 0.25) is 0 Å². The molecule has 2 rings (SSSR count).